The highest BCUT2D eigenvalue weighted by atomic mass is 32.1. The number of nitrogen functional groups attached to an aromatic ring is 1. The Hall–Kier alpha value is -2.42. The number of rotatable bonds is 3. The number of nitrogens with two attached hydrogens (primary N) is 1. The van der Waals surface area contributed by atoms with E-state index < -0.39 is 17.6 Å². The number of benzene rings is 1. The molecule has 2 aromatic rings. The van der Waals surface area contributed by atoms with Gasteiger partial charge in [-0.15, -0.1) is 0 Å². The monoisotopic (exact) mass is 328 g/mol. The molecular weight excluding hydrogens is 317 g/mol. The van der Waals surface area contributed by atoms with Crippen molar-refractivity contribution in [1.29, 1.82) is 0 Å². The molecule has 0 aliphatic carbocycles. The number of hydrazone groups is 1. The Bertz CT molecular complexity index is 724. The first-order valence-electron chi connectivity index (χ1n) is 6.01. The number of aromatic nitrogens is 1. The molecule has 22 heavy (non-hydrogen) atoms. The molecular formula is C13H11F3N4OS. The number of carbonyl (C=O) groups excluding carboxylic acids is 1. The molecule has 0 saturated carbocycles. The van der Waals surface area contributed by atoms with Crippen LogP contribution in [0.2, 0.25) is 0 Å². The van der Waals surface area contributed by atoms with Gasteiger partial charge < -0.3 is 5.73 Å². The number of nitrogens with zero attached hydrogens (tertiary/aromatic N) is 2. The summed E-state index contributed by atoms with van der Waals surface area (Å²) in [6, 6.07) is 4.93. The van der Waals surface area contributed by atoms with Crippen molar-refractivity contribution >= 4 is 28.6 Å². The van der Waals surface area contributed by atoms with Crippen LogP contribution in [-0.2, 0) is 6.18 Å². The maximum absolute atomic E-state index is 12.8. The molecule has 0 unspecified atom stereocenters. The first kappa shape index (κ1) is 16.0. The molecule has 0 aliphatic rings. The van der Waals surface area contributed by atoms with Gasteiger partial charge in [0, 0.05) is 5.56 Å². The highest BCUT2D eigenvalue weighted by Gasteiger charge is 2.32. The van der Waals surface area contributed by atoms with Crippen molar-refractivity contribution in [2.75, 3.05) is 5.73 Å². The molecule has 0 fully saturated rings. The molecule has 0 atom stereocenters. The minimum Gasteiger partial charge on any atom is -0.375 e. The standard InChI is InChI=1S/C13H11F3N4OS/c1-7-10(22-12(17)19-7)11(21)20-18-6-8-4-2-3-5-9(8)13(14,15)16/h2-6H,1H3,(H2,17,19)(H,20,21)/b18-6+. The molecule has 0 aliphatic heterocycles. The summed E-state index contributed by atoms with van der Waals surface area (Å²) in [4.78, 5) is 16.0. The van der Waals surface area contributed by atoms with E-state index >= 15 is 0 Å². The van der Waals surface area contributed by atoms with Crippen LogP contribution < -0.4 is 11.2 Å². The Balaban J connectivity index is 2.14. The molecule has 0 saturated heterocycles. The van der Waals surface area contributed by atoms with E-state index in [1.54, 1.807) is 6.92 Å². The lowest BCUT2D eigenvalue weighted by Gasteiger charge is -2.09. The van der Waals surface area contributed by atoms with Crippen LogP contribution in [-0.4, -0.2) is 17.1 Å². The second-order valence-electron chi connectivity index (χ2n) is 4.25. The molecule has 1 amide bonds. The quantitative estimate of drug-likeness (QED) is 0.671. The molecule has 116 valence electrons. The van der Waals surface area contributed by atoms with E-state index in [1.165, 1.54) is 18.2 Å². The molecule has 2 rings (SSSR count). The summed E-state index contributed by atoms with van der Waals surface area (Å²) in [6.45, 7) is 1.60. The maximum Gasteiger partial charge on any atom is 0.417 e. The molecule has 0 bridgehead atoms. The van der Waals surface area contributed by atoms with Crippen LogP contribution in [0.25, 0.3) is 0 Å². The van der Waals surface area contributed by atoms with Gasteiger partial charge in [-0.3, -0.25) is 4.79 Å². The zero-order valence-corrected chi connectivity index (χ0v) is 12.1. The smallest absolute Gasteiger partial charge is 0.375 e. The van der Waals surface area contributed by atoms with Gasteiger partial charge in [-0.2, -0.15) is 18.3 Å². The highest BCUT2D eigenvalue weighted by Crippen LogP contribution is 2.31. The van der Waals surface area contributed by atoms with Crippen molar-refractivity contribution in [3.05, 3.63) is 46.0 Å². The van der Waals surface area contributed by atoms with E-state index in [0.29, 0.717) is 5.69 Å². The first-order chi connectivity index (χ1) is 10.3. The van der Waals surface area contributed by atoms with Gasteiger partial charge in [0.05, 0.1) is 17.5 Å². The molecule has 9 heteroatoms. The normalized spacial score (nSPS) is 11.8. The lowest BCUT2D eigenvalue weighted by Crippen LogP contribution is -2.18. The predicted octanol–water partition coefficient (Wildman–Crippen LogP) is 2.82. The fraction of sp³-hybridized carbons (Fsp3) is 0.154. The zero-order valence-electron chi connectivity index (χ0n) is 11.3. The number of aryl methyl sites for hydroxylation is 1. The van der Waals surface area contributed by atoms with E-state index in [4.69, 9.17) is 5.73 Å². The van der Waals surface area contributed by atoms with Gasteiger partial charge in [0.2, 0.25) is 0 Å². The van der Waals surface area contributed by atoms with Gasteiger partial charge in [0.1, 0.15) is 4.88 Å². The van der Waals surface area contributed by atoms with Crippen molar-refractivity contribution < 1.29 is 18.0 Å². The van der Waals surface area contributed by atoms with Gasteiger partial charge in [-0.05, 0) is 13.0 Å². The predicted molar refractivity (Wildman–Crippen MR) is 77.8 cm³/mol. The van der Waals surface area contributed by atoms with Gasteiger partial charge >= 0.3 is 6.18 Å². The summed E-state index contributed by atoms with van der Waals surface area (Å²) in [5.41, 5.74) is 7.09. The van der Waals surface area contributed by atoms with Crippen LogP contribution in [0.1, 0.15) is 26.5 Å². The number of alkyl halides is 3. The first-order valence-corrected chi connectivity index (χ1v) is 6.83. The maximum atomic E-state index is 12.8. The molecule has 1 heterocycles. The molecule has 0 radical (unpaired) electrons. The summed E-state index contributed by atoms with van der Waals surface area (Å²) in [5.74, 6) is -0.576. The van der Waals surface area contributed by atoms with Crippen molar-refractivity contribution in [3.8, 4) is 0 Å². The Labute approximate surface area is 127 Å². The number of hydrogen-bond donors (Lipinski definition) is 2. The van der Waals surface area contributed by atoms with Crippen molar-refractivity contribution in [1.82, 2.24) is 10.4 Å². The Kier molecular flexibility index (Phi) is 4.45. The average molecular weight is 328 g/mol. The van der Waals surface area contributed by atoms with Crippen LogP contribution >= 0.6 is 11.3 Å². The molecule has 5 nitrogen and oxygen atoms in total. The third-order valence-corrected chi connectivity index (χ3v) is 3.64. The molecule has 1 aromatic heterocycles. The summed E-state index contributed by atoms with van der Waals surface area (Å²) in [6.07, 6.45) is -3.55. The minimum atomic E-state index is -4.49. The van der Waals surface area contributed by atoms with Crippen LogP contribution in [0, 0.1) is 6.92 Å². The van der Waals surface area contributed by atoms with Crippen molar-refractivity contribution in [2.24, 2.45) is 5.10 Å². The fourth-order valence-electron chi connectivity index (χ4n) is 1.71. The van der Waals surface area contributed by atoms with E-state index in [9.17, 15) is 18.0 Å². The fourth-order valence-corrected chi connectivity index (χ4v) is 2.43. The number of halogens is 3. The van der Waals surface area contributed by atoms with E-state index in [1.807, 2.05) is 0 Å². The van der Waals surface area contributed by atoms with Crippen molar-refractivity contribution in [3.63, 3.8) is 0 Å². The molecule has 3 N–H and O–H groups in total. The van der Waals surface area contributed by atoms with Crippen LogP contribution in [0.3, 0.4) is 0 Å². The SMILES string of the molecule is Cc1nc(N)sc1C(=O)N/N=C/c1ccccc1C(F)(F)F. The second-order valence-corrected chi connectivity index (χ2v) is 5.28. The summed E-state index contributed by atoms with van der Waals surface area (Å²) in [5, 5.41) is 3.79. The number of nitrogens with one attached hydrogen (secondary N) is 1. The number of amides is 1. The topological polar surface area (TPSA) is 80.4 Å². The van der Waals surface area contributed by atoms with Gasteiger partial charge in [0.15, 0.2) is 5.13 Å². The van der Waals surface area contributed by atoms with E-state index in [0.717, 1.165) is 23.6 Å². The number of anilines is 1. The number of hydrogen-bond acceptors (Lipinski definition) is 5. The summed E-state index contributed by atoms with van der Waals surface area (Å²) < 4.78 is 38.4. The average Bonchev–Trinajstić information content (AvgIpc) is 2.77. The zero-order chi connectivity index (χ0) is 16.3. The Morgan fingerprint density at radius 1 is 1.41 bits per heavy atom. The Morgan fingerprint density at radius 2 is 2.09 bits per heavy atom. The Morgan fingerprint density at radius 3 is 2.68 bits per heavy atom. The third kappa shape index (κ3) is 3.61. The minimum absolute atomic E-state index is 0.143. The van der Waals surface area contributed by atoms with E-state index in [2.05, 4.69) is 15.5 Å². The number of carbonyl (C=O) groups is 1. The second kappa shape index (κ2) is 6.14. The van der Waals surface area contributed by atoms with Gasteiger partial charge in [0.25, 0.3) is 5.91 Å². The van der Waals surface area contributed by atoms with Crippen LogP contribution in [0.4, 0.5) is 18.3 Å². The molecule has 1 aromatic carbocycles. The van der Waals surface area contributed by atoms with E-state index in [-0.39, 0.29) is 15.6 Å². The lowest BCUT2D eigenvalue weighted by atomic mass is 10.1. The van der Waals surface area contributed by atoms with Crippen LogP contribution in [0.15, 0.2) is 29.4 Å². The highest BCUT2D eigenvalue weighted by molar-refractivity contribution is 7.17. The summed E-state index contributed by atoms with van der Waals surface area (Å²) in [7, 11) is 0. The third-order valence-electron chi connectivity index (χ3n) is 2.66. The number of thiazole rings is 1. The van der Waals surface area contributed by atoms with Gasteiger partial charge in [-0.25, -0.2) is 10.4 Å². The lowest BCUT2D eigenvalue weighted by molar-refractivity contribution is -0.137. The van der Waals surface area contributed by atoms with Crippen molar-refractivity contribution in [2.45, 2.75) is 13.1 Å². The molecule has 0 spiro atoms. The largest absolute Gasteiger partial charge is 0.417 e. The summed E-state index contributed by atoms with van der Waals surface area (Å²) >= 11 is 0.977. The van der Waals surface area contributed by atoms with Crippen LogP contribution in [0.5, 0.6) is 0 Å². The van der Waals surface area contributed by atoms with Gasteiger partial charge in [-0.1, -0.05) is 29.5 Å².